The molecule has 0 aliphatic carbocycles. The Morgan fingerprint density at radius 1 is 0.953 bits per heavy atom. The van der Waals surface area contributed by atoms with Gasteiger partial charge in [0.1, 0.15) is 17.6 Å². The molecule has 3 aromatic carbocycles. The molecule has 1 heterocycles. The van der Waals surface area contributed by atoms with Crippen molar-refractivity contribution in [3.63, 3.8) is 0 Å². The summed E-state index contributed by atoms with van der Waals surface area (Å²) in [5.74, 6) is 1.09. The SMILES string of the molecule is C=C(Br)CC[C@@]1(CC(=C)COCc2ccccc2)C[C@H](O)[C@@H](O)[C@H](Cc2ccc(OC)cc2)N1C(=O)Oc1ccccc1. The normalized spacial score (nSPS) is 21.7. The van der Waals surface area contributed by atoms with Crippen molar-refractivity contribution in [1.29, 1.82) is 0 Å². The van der Waals surface area contributed by atoms with Gasteiger partial charge in [0.2, 0.25) is 0 Å². The molecule has 0 bridgehead atoms. The fourth-order valence-electron chi connectivity index (χ4n) is 5.79. The van der Waals surface area contributed by atoms with Crippen LogP contribution in [-0.2, 0) is 17.8 Å². The lowest BCUT2D eigenvalue weighted by Gasteiger charge is -2.54. The summed E-state index contributed by atoms with van der Waals surface area (Å²) in [6.45, 7) is 9.02. The maximum atomic E-state index is 14.2. The third-order valence-corrected chi connectivity index (χ3v) is 8.22. The van der Waals surface area contributed by atoms with E-state index in [1.165, 1.54) is 0 Å². The first-order valence-corrected chi connectivity index (χ1v) is 15.2. The third-order valence-electron chi connectivity index (χ3n) is 7.83. The van der Waals surface area contributed by atoms with E-state index in [-0.39, 0.29) is 13.0 Å². The average molecular weight is 651 g/mol. The van der Waals surface area contributed by atoms with Crippen LogP contribution in [0.5, 0.6) is 11.5 Å². The fraction of sp³-hybridized carbons (Fsp3) is 0.343. The molecule has 7 nitrogen and oxygen atoms in total. The third kappa shape index (κ3) is 8.80. The van der Waals surface area contributed by atoms with Crippen LogP contribution in [0.4, 0.5) is 4.79 Å². The van der Waals surface area contributed by atoms with Gasteiger partial charge in [0.25, 0.3) is 0 Å². The number of amides is 1. The molecule has 228 valence electrons. The number of methoxy groups -OCH3 is 1. The van der Waals surface area contributed by atoms with E-state index >= 15 is 0 Å². The smallest absolute Gasteiger partial charge is 0.416 e. The largest absolute Gasteiger partial charge is 0.497 e. The molecular formula is C35H40BrNO6. The van der Waals surface area contributed by atoms with Crippen molar-refractivity contribution in [2.24, 2.45) is 0 Å². The molecule has 8 heteroatoms. The zero-order chi connectivity index (χ0) is 30.8. The number of carbonyl (C=O) groups excluding carboxylic acids is 1. The van der Waals surface area contributed by atoms with Crippen molar-refractivity contribution in [2.75, 3.05) is 13.7 Å². The van der Waals surface area contributed by atoms with E-state index in [2.05, 4.69) is 29.1 Å². The number of allylic oxidation sites excluding steroid dienone is 1. The van der Waals surface area contributed by atoms with Gasteiger partial charge in [-0.2, -0.15) is 0 Å². The van der Waals surface area contributed by atoms with Gasteiger partial charge in [-0.15, -0.1) is 0 Å². The lowest BCUT2D eigenvalue weighted by Crippen LogP contribution is -2.68. The monoisotopic (exact) mass is 649 g/mol. The van der Waals surface area contributed by atoms with Crippen LogP contribution in [0, 0.1) is 0 Å². The maximum absolute atomic E-state index is 14.2. The Balaban J connectivity index is 1.68. The number of aliphatic hydroxyl groups is 2. The number of benzene rings is 3. The molecule has 1 saturated heterocycles. The zero-order valence-electron chi connectivity index (χ0n) is 24.5. The van der Waals surface area contributed by atoms with E-state index in [4.69, 9.17) is 14.2 Å². The summed E-state index contributed by atoms with van der Waals surface area (Å²) in [5, 5.41) is 22.7. The highest BCUT2D eigenvalue weighted by molar-refractivity contribution is 9.11. The number of aliphatic hydroxyl groups excluding tert-OH is 2. The highest BCUT2D eigenvalue weighted by Gasteiger charge is 2.53. The predicted molar refractivity (Wildman–Crippen MR) is 171 cm³/mol. The molecule has 0 radical (unpaired) electrons. The summed E-state index contributed by atoms with van der Waals surface area (Å²) in [7, 11) is 1.60. The molecule has 1 amide bonds. The van der Waals surface area contributed by atoms with Crippen molar-refractivity contribution >= 4 is 22.0 Å². The first-order chi connectivity index (χ1) is 20.7. The van der Waals surface area contributed by atoms with Gasteiger partial charge < -0.3 is 24.4 Å². The zero-order valence-corrected chi connectivity index (χ0v) is 26.1. The summed E-state index contributed by atoms with van der Waals surface area (Å²) in [4.78, 5) is 15.8. The minimum absolute atomic E-state index is 0.134. The number of ether oxygens (including phenoxy) is 3. The second kappa shape index (κ2) is 15.3. The van der Waals surface area contributed by atoms with Crippen LogP contribution in [-0.4, -0.2) is 58.7 Å². The van der Waals surface area contributed by atoms with Crippen LogP contribution in [0.25, 0.3) is 0 Å². The van der Waals surface area contributed by atoms with E-state index < -0.39 is 29.9 Å². The molecule has 0 aromatic heterocycles. The number of likely N-dealkylation sites (tertiary alicyclic amines) is 1. The quantitative estimate of drug-likeness (QED) is 0.198. The number of carbonyl (C=O) groups is 1. The van der Waals surface area contributed by atoms with Crippen molar-refractivity contribution in [3.8, 4) is 11.5 Å². The minimum atomic E-state index is -1.20. The Hall–Kier alpha value is -3.43. The van der Waals surface area contributed by atoms with Crippen molar-refractivity contribution < 1.29 is 29.2 Å². The number of rotatable bonds is 13. The van der Waals surface area contributed by atoms with E-state index in [1.807, 2.05) is 60.7 Å². The van der Waals surface area contributed by atoms with Gasteiger partial charge in [-0.1, -0.05) is 89.8 Å². The number of para-hydroxylation sites is 1. The van der Waals surface area contributed by atoms with Gasteiger partial charge in [0, 0.05) is 0 Å². The van der Waals surface area contributed by atoms with Crippen molar-refractivity contribution in [2.45, 2.75) is 62.5 Å². The molecule has 1 aliphatic rings. The second-order valence-corrected chi connectivity index (χ2v) is 12.2. The Morgan fingerprint density at radius 3 is 2.23 bits per heavy atom. The van der Waals surface area contributed by atoms with Crippen LogP contribution in [0.1, 0.15) is 36.8 Å². The molecule has 0 spiro atoms. The molecule has 2 N–H and O–H groups in total. The van der Waals surface area contributed by atoms with Gasteiger partial charge in [0.15, 0.2) is 0 Å². The standard InChI is InChI=1S/C35H40BrNO6/c1-25(23-42-24-28-10-6-4-7-11-28)21-35(19-18-26(2)36)22-32(38)33(39)31(20-27-14-16-29(41-3)17-15-27)37(35)34(40)43-30-12-8-5-9-13-30/h4-17,31-33,38-39H,1-2,18-24H2,3H3/t31-,32-,33-,35+/m0/s1. The number of piperidine rings is 1. The number of nitrogens with zero attached hydrogens (tertiary/aromatic N) is 1. The maximum Gasteiger partial charge on any atom is 0.416 e. The minimum Gasteiger partial charge on any atom is -0.497 e. The van der Waals surface area contributed by atoms with Crippen LogP contribution in [0.15, 0.2) is 108 Å². The summed E-state index contributed by atoms with van der Waals surface area (Å²) < 4.78 is 18.0. The molecule has 0 unspecified atom stereocenters. The topological polar surface area (TPSA) is 88.5 Å². The van der Waals surface area contributed by atoms with Gasteiger partial charge in [0.05, 0.1) is 38.0 Å². The second-order valence-electron chi connectivity index (χ2n) is 11.1. The Kier molecular flexibility index (Phi) is 11.6. The number of halogens is 1. The van der Waals surface area contributed by atoms with Crippen LogP contribution < -0.4 is 9.47 Å². The first-order valence-electron chi connectivity index (χ1n) is 14.4. The van der Waals surface area contributed by atoms with Crippen molar-refractivity contribution in [1.82, 2.24) is 4.90 Å². The Morgan fingerprint density at radius 2 is 1.60 bits per heavy atom. The van der Waals surface area contributed by atoms with Crippen LogP contribution >= 0.6 is 15.9 Å². The summed E-state index contributed by atoms with van der Waals surface area (Å²) >= 11 is 3.48. The van der Waals surface area contributed by atoms with Gasteiger partial charge >= 0.3 is 6.09 Å². The Bertz CT molecular complexity index is 1350. The van der Waals surface area contributed by atoms with E-state index in [0.717, 1.165) is 21.2 Å². The number of hydrogen-bond donors (Lipinski definition) is 2. The van der Waals surface area contributed by atoms with E-state index in [0.29, 0.717) is 43.8 Å². The van der Waals surface area contributed by atoms with E-state index in [9.17, 15) is 15.0 Å². The lowest BCUT2D eigenvalue weighted by atomic mass is 9.73. The molecule has 1 aliphatic heterocycles. The van der Waals surface area contributed by atoms with Gasteiger partial charge in [-0.3, -0.25) is 4.90 Å². The van der Waals surface area contributed by atoms with Crippen LogP contribution in [0.3, 0.4) is 0 Å². The molecule has 1 fully saturated rings. The summed E-state index contributed by atoms with van der Waals surface area (Å²) in [6.07, 6.45) is -1.12. The van der Waals surface area contributed by atoms with Crippen molar-refractivity contribution in [3.05, 3.63) is 119 Å². The molecule has 4 atom stereocenters. The Labute approximate surface area is 262 Å². The highest BCUT2D eigenvalue weighted by Crippen LogP contribution is 2.43. The highest BCUT2D eigenvalue weighted by atomic mass is 79.9. The number of hydrogen-bond acceptors (Lipinski definition) is 6. The lowest BCUT2D eigenvalue weighted by molar-refractivity contribution is -0.122. The van der Waals surface area contributed by atoms with Crippen LogP contribution in [0.2, 0.25) is 0 Å². The predicted octanol–water partition coefficient (Wildman–Crippen LogP) is 6.82. The molecule has 3 aromatic rings. The summed E-state index contributed by atoms with van der Waals surface area (Å²) in [5.41, 5.74) is 1.75. The average Bonchev–Trinajstić information content (AvgIpc) is 3.00. The fourth-order valence-corrected chi connectivity index (χ4v) is 5.99. The van der Waals surface area contributed by atoms with E-state index in [1.54, 1.807) is 36.3 Å². The first kappa shape index (κ1) is 32.5. The molecule has 0 saturated carbocycles. The molecule has 4 rings (SSSR count). The molecule has 43 heavy (non-hydrogen) atoms. The summed E-state index contributed by atoms with van der Waals surface area (Å²) in [6, 6.07) is 25.4. The molecular weight excluding hydrogens is 610 g/mol. The van der Waals surface area contributed by atoms with Gasteiger partial charge in [-0.05, 0) is 77.6 Å². The van der Waals surface area contributed by atoms with Gasteiger partial charge in [-0.25, -0.2) is 4.79 Å².